The van der Waals surface area contributed by atoms with Crippen molar-refractivity contribution >= 4 is 34.9 Å². The Bertz CT molecular complexity index is 1080. The zero-order valence-corrected chi connectivity index (χ0v) is 16.5. The van der Waals surface area contributed by atoms with Gasteiger partial charge < -0.3 is 10.6 Å². The van der Waals surface area contributed by atoms with Gasteiger partial charge in [0.1, 0.15) is 5.01 Å². The fourth-order valence-electron chi connectivity index (χ4n) is 3.00. The molecule has 1 saturated heterocycles. The summed E-state index contributed by atoms with van der Waals surface area (Å²) in [5, 5.41) is 8.25. The third-order valence-electron chi connectivity index (χ3n) is 4.48. The minimum absolute atomic E-state index is 0.0197. The lowest BCUT2D eigenvalue weighted by Gasteiger charge is -2.13. The van der Waals surface area contributed by atoms with Gasteiger partial charge in [0.05, 0.1) is 13.1 Å². The van der Waals surface area contributed by atoms with Crippen LogP contribution in [0.4, 0.5) is 10.5 Å². The maximum atomic E-state index is 12.6. The monoisotopic (exact) mass is 406 g/mol. The molecule has 0 unspecified atom stereocenters. The molecule has 1 fully saturated rings. The van der Waals surface area contributed by atoms with Crippen molar-refractivity contribution in [2.75, 3.05) is 11.9 Å². The quantitative estimate of drug-likeness (QED) is 0.635. The molecule has 0 saturated carbocycles. The van der Waals surface area contributed by atoms with Crippen LogP contribution in [0, 0.1) is 6.92 Å². The van der Waals surface area contributed by atoms with Crippen molar-refractivity contribution in [2.24, 2.45) is 0 Å². The van der Waals surface area contributed by atoms with E-state index >= 15 is 0 Å². The van der Waals surface area contributed by atoms with Gasteiger partial charge in [-0.3, -0.25) is 14.5 Å². The maximum absolute atomic E-state index is 12.6. The summed E-state index contributed by atoms with van der Waals surface area (Å²) in [6.45, 7) is 2.13. The SMILES string of the molecule is Cc1csc(-c2ccc(C(=O)Nc3cccc(CN4C(=O)CNC4=O)c3)cc2)n1. The van der Waals surface area contributed by atoms with Crippen LogP contribution in [0.15, 0.2) is 53.9 Å². The number of imide groups is 1. The molecular weight excluding hydrogens is 388 g/mol. The van der Waals surface area contributed by atoms with Crippen LogP contribution >= 0.6 is 11.3 Å². The second-order valence-electron chi connectivity index (χ2n) is 6.66. The number of rotatable bonds is 5. The average Bonchev–Trinajstić information content (AvgIpc) is 3.29. The standard InChI is InChI=1S/C21H18N4O3S/c1-13-12-29-20(23-13)16-7-5-15(6-8-16)19(27)24-17-4-2-3-14(9-17)11-25-18(26)10-22-21(25)28/h2-9,12H,10-11H2,1H3,(H,22,28)(H,24,27). The molecule has 146 valence electrons. The first-order chi connectivity index (χ1) is 14.0. The molecule has 0 atom stereocenters. The van der Waals surface area contributed by atoms with Gasteiger partial charge >= 0.3 is 6.03 Å². The van der Waals surface area contributed by atoms with Crippen molar-refractivity contribution in [3.05, 3.63) is 70.7 Å². The van der Waals surface area contributed by atoms with Crippen molar-refractivity contribution < 1.29 is 14.4 Å². The van der Waals surface area contributed by atoms with E-state index in [1.54, 1.807) is 47.7 Å². The molecule has 2 heterocycles. The number of urea groups is 1. The first-order valence-corrected chi connectivity index (χ1v) is 9.88. The zero-order chi connectivity index (χ0) is 20.4. The second-order valence-corrected chi connectivity index (χ2v) is 7.52. The minimum Gasteiger partial charge on any atom is -0.329 e. The van der Waals surface area contributed by atoms with Crippen molar-refractivity contribution in [3.63, 3.8) is 0 Å². The summed E-state index contributed by atoms with van der Waals surface area (Å²) in [6, 6.07) is 14.0. The lowest BCUT2D eigenvalue weighted by atomic mass is 10.1. The molecule has 0 radical (unpaired) electrons. The largest absolute Gasteiger partial charge is 0.329 e. The van der Waals surface area contributed by atoms with Gasteiger partial charge in [0.2, 0.25) is 5.91 Å². The zero-order valence-electron chi connectivity index (χ0n) is 15.6. The first-order valence-electron chi connectivity index (χ1n) is 9.00. The van der Waals surface area contributed by atoms with Gasteiger partial charge in [-0.15, -0.1) is 11.3 Å². The number of anilines is 1. The Balaban J connectivity index is 1.44. The number of thiazole rings is 1. The Kier molecular flexibility index (Phi) is 5.09. The van der Waals surface area contributed by atoms with Crippen molar-refractivity contribution in [1.29, 1.82) is 0 Å². The van der Waals surface area contributed by atoms with Crippen LogP contribution in [-0.2, 0) is 11.3 Å². The van der Waals surface area contributed by atoms with Crippen molar-refractivity contribution in [3.8, 4) is 10.6 Å². The Morgan fingerprint density at radius 2 is 2.00 bits per heavy atom. The molecule has 4 amide bonds. The van der Waals surface area contributed by atoms with Crippen LogP contribution in [0.5, 0.6) is 0 Å². The van der Waals surface area contributed by atoms with Gasteiger partial charge in [-0.1, -0.05) is 24.3 Å². The van der Waals surface area contributed by atoms with Crippen molar-refractivity contribution in [1.82, 2.24) is 15.2 Å². The highest BCUT2D eigenvalue weighted by molar-refractivity contribution is 7.13. The number of benzene rings is 2. The molecule has 1 aliphatic rings. The molecular formula is C21H18N4O3S. The molecule has 2 N–H and O–H groups in total. The predicted octanol–water partition coefficient (Wildman–Crippen LogP) is 3.42. The summed E-state index contributed by atoms with van der Waals surface area (Å²) in [4.78, 5) is 41.6. The minimum atomic E-state index is -0.403. The van der Waals surface area contributed by atoms with E-state index in [-0.39, 0.29) is 24.9 Å². The number of hydrogen-bond acceptors (Lipinski definition) is 5. The van der Waals surface area contributed by atoms with Gasteiger partial charge in [0, 0.05) is 27.9 Å². The van der Waals surface area contributed by atoms with Crippen LogP contribution in [0.3, 0.4) is 0 Å². The summed E-state index contributed by atoms with van der Waals surface area (Å²) in [5.41, 5.74) is 3.82. The highest BCUT2D eigenvalue weighted by Gasteiger charge is 2.28. The number of aromatic nitrogens is 1. The first kappa shape index (κ1) is 18.8. The van der Waals surface area contributed by atoms with E-state index in [1.165, 1.54) is 0 Å². The van der Waals surface area contributed by atoms with E-state index in [0.717, 1.165) is 26.7 Å². The normalized spacial score (nSPS) is 13.5. The maximum Gasteiger partial charge on any atom is 0.324 e. The number of carbonyl (C=O) groups is 3. The lowest BCUT2D eigenvalue weighted by molar-refractivity contribution is -0.125. The van der Waals surface area contributed by atoms with Gasteiger partial charge in [0.15, 0.2) is 0 Å². The third kappa shape index (κ3) is 4.17. The van der Waals surface area contributed by atoms with E-state index in [1.807, 2.05) is 24.4 Å². The molecule has 7 nitrogen and oxygen atoms in total. The second kappa shape index (κ2) is 7.84. The van der Waals surface area contributed by atoms with Gasteiger partial charge in [-0.05, 0) is 36.8 Å². The van der Waals surface area contributed by atoms with E-state index in [4.69, 9.17) is 0 Å². The molecule has 0 aliphatic carbocycles. The Morgan fingerprint density at radius 1 is 1.21 bits per heavy atom. The number of nitrogens with zero attached hydrogens (tertiary/aromatic N) is 2. The number of carbonyl (C=O) groups excluding carboxylic acids is 3. The molecule has 1 aliphatic heterocycles. The van der Waals surface area contributed by atoms with Crippen LogP contribution in [0.1, 0.15) is 21.6 Å². The van der Waals surface area contributed by atoms with Crippen LogP contribution in [0.25, 0.3) is 10.6 Å². The number of aryl methyl sites for hydroxylation is 1. The Labute approximate surface area is 171 Å². The average molecular weight is 406 g/mol. The van der Waals surface area contributed by atoms with Crippen LogP contribution in [0.2, 0.25) is 0 Å². The Hall–Kier alpha value is -3.52. The van der Waals surface area contributed by atoms with Crippen molar-refractivity contribution in [2.45, 2.75) is 13.5 Å². The molecule has 29 heavy (non-hydrogen) atoms. The third-order valence-corrected chi connectivity index (χ3v) is 5.48. The smallest absolute Gasteiger partial charge is 0.324 e. The number of nitrogens with one attached hydrogen (secondary N) is 2. The number of amides is 4. The molecule has 3 aromatic rings. The fourth-order valence-corrected chi connectivity index (χ4v) is 3.80. The van der Waals surface area contributed by atoms with Gasteiger partial charge in [-0.25, -0.2) is 9.78 Å². The predicted molar refractivity (Wildman–Crippen MR) is 111 cm³/mol. The fraction of sp³-hybridized carbons (Fsp3) is 0.143. The topological polar surface area (TPSA) is 91.4 Å². The Morgan fingerprint density at radius 3 is 2.66 bits per heavy atom. The highest BCUT2D eigenvalue weighted by Crippen LogP contribution is 2.24. The molecule has 0 spiro atoms. The van der Waals surface area contributed by atoms with E-state index in [2.05, 4.69) is 15.6 Å². The summed E-state index contributed by atoms with van der Waals surface area (Å²) in [5.74, 6) is -0.501. The lowest BCUT2D eigenvalue weighted by Crippen LogP contribution is -2.30. The molecule has 8 heteroatoms. The molecule has 2 aromatic carbocycles. The van der Waals surface area contributed by atoms with Gasteiger partial charge in [-0.2, -0.15) is 0 Å². The van der Waals surface area contributed by atoms with E-state index in [9.17, 15) is 14.4 Å². The summed E-state index contributed by atoms with van der Waals surface area (Å²) < 4.78 is 0. The van der Waals surface area contributed by atoms with Gasteiger partial charge in [0.25, 0.3) is 5.91 Å². The molecule has 1 aromatic heterocycles. The summed E-state index contributed by atoms with van der Waals surface area (Å²) in [6.07, 6.45) is 0. The highest BCUT2D eigenvalue weighted by atomic mass is 32.1. The summed E-state index contributed by atoms with van der Waals surface area (Å²) >= 11 is 1.57. The number of hydrogen-bond donors (Lipinski definition) is 2. The summed E-state index contributed by atoms with van der Waals surface area (Å²) in [7, 11) is 0. The van der Waals surface area contributed by atoms with Crippen LogP contribution < -0.4 is 10.6 Å². The van der Waals surface area contributed by atoms with E-state index in [0.29, 0.717) is 11.3 Å². The molecule has 0 bridgehead atoms. The van der Waals surface area contributed by atoms with E-state index < -0.39 is 6.03 Å². The van der Waals surface area contributed by atoms with Crippen LogP contribution in [-0.4, -0.2) is 34.3 Å². The molecule has 4 rings (SSSR count).